The van der Waals surface area contributed by atoms with Crippen LogP contribution in [0, 0.1) is 0 Å². The monoisotopic (exact) mass is 349 g/mol. The van der Waals surface area contributed by atoms with Crippen molar-refractivity contribution in [3.8, 4) is 0 Å². The van der Waals surface area contributed by atoms with E-state index in [4.69, 9.17) is 0 Å². The van der Waals surface area contributed by atoms with Gasteiger partial charge in [-0.15, -0.1) is 0 Å². The number of nitrogens with one attached hydrogen (secondary N) is 1. The van der Waals surface area contributed by atoms with Crippen molar-refractivity contribution in [1.29, 1.82) is 0 Å². The summed E-state index contributed by atoms with van der Waals surface area (Å²) >= 11 is 0. The Morgan fingerprint density at radius 3 is 2.50 bits per heavy atom. The van der Waals surface area contributed by atoms with E-state index < -0.39 is 0 Å². The topological polar surface area (TPSA) is 35.6 Å². The Morgan fingerprint density at radius 2 is 1.73 bits per heavy atom. The normalized spacial score (nSPS) is 19.0. The highest BCUT2D eigenvalue weighted by Crippen LogP contribution is 2.37. The van der Waals surface area contributed by atoms with E-state index in [-0.39, 0.29) is 11.4 Å². The lowest BCUT2D eigenvalue weighted by Crippen LogP contribution is -2.56. The summed E-state index contributed by atoms with van der Waals surface area (Å²) in [5, 5.41) is 3.32. The number of likely N-dealkylation sites (tertiary alicyclic amines) is 1. The molecule has 2 aliphatic heterocycles. The van der Waals surface area contributed by atoms with Gasteiger partial charge in [0.2, 0.25) is 5.91 Å². The average Bonchev–Trinajstić information content (AvgIpc) is 2.68. The number of carbonyl (C=O) groups is 1. The molecule has 1 spiro atoms. The van der Waals surface area contributed by atoms with Gasteiger partial charge in [-0.3, -0.25) is 4.79 Å². The molecule has 0 bridgehead atoms. The van der Waals surface area contributed by atoms with Crippen LogP contribution in [0.3, 0.4) is 0 Å². The van der Waals surface area contributed by atoms with Crippen LogP contribution < -0.4 is 10.2 Å². The summed E-state index contributed by atoms with van der Waals surface area (Å²) in [6, 6.07) is 19.0. The number of fused-ring (bicyclic) bond motifs is 2. The molecule has 0 aromatic heterocycles. The Balaban J connectivity index is 1.38. The van der Waals surface area contributed by atoms with Crippen molar-refractivity contribution in [2.45, 2.75) is 24.8 Å². The van der Waals surface area contributed by atoms with Gasteiger partial charge in [0, 0.05) is 38.9 Å². The van der Waals surface area contributed by atoms with E-state index in [2.05, 4.69) is 70.7 Å². The minimum absolute atomic E-state index is 0.159. The largest absolute Gasteiger partial charge is 0.373 e. The third kappa shape index (κ3) is 3.34. The van der Waals surface area contributed by atoms with Crippen LogP contribution in [0.5, 0.6) is 0 Å². The van der Waals surface area contributed by atoms with E-state index in [1.165, 1.54) is 16.8 Å². The molecule has 4 nitrogen and oxygen atoms in total. The fourth-order valence-corrected chi connectivity index (χ4v) is 4.35. The van der Waals surface area contributed by atoms with E-state index in [0.29, 0.717) is 6.42 Å². The van der Waals surface area contributed by atoms with Gasteiger partial charge in [0.25, 0.3) is 0 Å². The molecular weight excluding hydrogens is 322 g/mol. The van der Waals surface area contributed by atoms with Gasteiger partial charge >= 0.3 is 0 Å². The predicted molar refractivity (Wildman–Crippen MR) is 105 cm³/mol. The number of carbonyl (C=O) groups excluding carboxylic acids is 1. The van der Waals surface area contributed by atoms with E-state index in [0.717, 1.165) is 39.0 Å². The summed E-state index contributed by atoms with van der Waals surface area (Å²) in [6.45, 7) is 4.12. The van der Waals surface area contributed by atoms with Gasteiger partial charge in [-0.05, 0) is 36.1 Å². The molecule has 1 amide bonds. The summed E-state index contributed by atoms with van der Waals surface area (Å²) in [5.74, 6) is 0.168. The molecule has 2 heterocycles. The first-order chi connectivity index (χ1) is 12.7. The highest BCUT2D eigenvalue weighted by Gasteiger charge is 2.41. The van der Waals surface area contributed by atoms with Gasteiger partial charge in [-0.1, -0.05) is 42.5 Å². The van der Waals surface area contributed by atoms with Crippen LogP contribution in [0.4, 0.5) is 5.69 Å². The smallest absolute Gasteiger partial charge is 0.225 e. The lowest BCUT2D eigenvalue weighted by Gasteiger charge is -2.46. The molecule has 1 saturated heterocycles. The number of amides is 1. The zero-order valence-electron chi connectivity index (χ0n) is 15.4. The summed E-state index contributed by atoms with van der Waals surface area (Å²) < 4.78 is 0. The van der Waals surface area contributed by atoms with Crippen molar-refractivity contribution in [3.05, 3.63) is 65.7 Å². The van der Waals surface area contributed by atoms with Crippen molar-refractivity contribution in [3.63, 3.8) is 0 Å². The number of hydrogen-bond donors (Lipinski definition) is 1. The molecule has 136 valence electrons. The van der Waals surface area contributed by atoms with Crippen LogP contribution in [0.2, 0.25) is 0 Å². The fraction of sp³-hybridized carbons (Fsp3) is 0.409. The van der Waals surface area contributed by atoms with Crippen LogP contribution >= 0.6 is 0 Å². The van der Waals surface area contributed by atoms with Gasteiger partial charge in [-0.2, -0.15) is 0 Å². The Morgan fingerprint density at radius 1 is 1.04 bits per heavy atom. The first-order valence-corrected chi connectivity index (χ1v) is 9.54. The minimum Gasteiger partial charge on any atom is -0.373 e. The maximum Gasteiger partial charge on any atom is 0.225 e. The third-order valence-electron chi connectivity index (χ3n) is 5.92. The number of piperidine rings is 1. The number of benzene rings is 2. The van der Waals surface area contributed by atoms with Crippen LogP contribution in [-0.4, -0.2) is 44.0 Å². The predicted octanol–water partition coefficient (Wildman–Crippen LogP) is 2.79. The van der Waals surface area contributed by atoms with Crippen LogP contribution in [0.25, 0.3) is 0 Å². The third-order valence-corrected chi connectivity index (χ3v) is 5.92. The molecule has 0 unspecified atom stereocenters. The molecule has 0 atom stereocenters. The number of hydrogen-bond acceptors (Lipinski definition) is 3. The maximum atomic E-state index is 12.2. The zero-order chi connectivity index (χ0) is 18.0. The van der Waals surface area contributed by atoms with Crippen LogP contribution in [0.1, 0.15) is 24.0 Å². The number of nitrogens with zero attached hydrogens (tertiary/aromatic N) is 2. The summed E-state index contributed by atoms with van der Waals surface area (Å²) in [4.78, 5) is 17.1. The van der Waals surface area contributed by atoms with Crippen LogP contribution in [0.15, 0.2) is 54.6 Å². The molecular formula is C22H27N3O. The van der Waals surface area contributed by atoms with Crippen molar-refractivity contribution < 1.29 is 4.79 Å². The number of likely N-dealkylation sites (N-methyl/N-ethyl adjacent to an activating group) is 1. The lowest BCUT2D eigenvalue weighted by molar-refractivity contribution is -0.124. The second kappa shape index (κ2) is 7.12. The maximum absolute atomic E-state index is 12.2. The van der Waals surface area contributed by atoms with Gasteiger partial charge in [-0.25, -0.2) is 0 Å². The molecule has 1 fully saturated rings. The number of rotatable bonds is 4. The minimum atomic E-state index is -0.159. The second-order valence-electron chi connectivity index (χ2n) is 7.56. The molecule has 2 aliphatic rings. The molecule has 2 aromatic rings. The number of para-hydroxylation sites is 1. The molecule has 1 N–H and O–H groups in total. The second-order valence-corrected chi connectivity index (χ2v) is 7.56. The van der Waals surface area contributed by atoms with E-state index in [9.17, 15) is 4.79 Å². The Labute approximate surface area is 155 Å². The Kier molecular flexibility index (Phi) is 4.68. The Hall–Kier alpha value is -2.33. The Bertz CT molecular complexity index is 766. The number of anilines is 1. The molecule has 0 radical (unpaired) electrons. The van der Waals surface area contributed by atoms with Gasteiger partial charge in [0.15, 0.2) is 0 Å². The molecule has 4 heteroatoms. The van der Waals surface area contributed by atoms with Crippen molar-refractivity contribution in [2.24, 2.45) is 0 Å². The summed E-state index contributed by atoms with van der Waals surface area (Å²) in [7, 11) is 2.15. The van der Waals surface area contributed by atoms with Gasteiger partial charge in [0.05, 0.1) is 12.0 Å². The molecule has 4 rings (SSSR count). The molecule has 0 aliphatic carbocycles. The molecule has 26 heavy (non-hydrogen) atoms. The first kappa shape index (κ1) is 17.1. The summed E-state index contributed by atoms with van der Waals surface area (Å²) in [6.07, 6.45) is 2.50. The van der Waals surface area contributed by atoms with E-state index >= 15 is 0 Å². The lowest BCUT2D eigenvalue weighted by atomic mass is 9.75. The van der Waals surface area contributed by atoms with E-state index in [1.54, 1.807) is 0 Å². The summed E-state index contributed by atoms with van der Waals surface area (Å²) in [5.41, 5.74) is 3.64. The highest BCUT2D eigenvalue weighted by molar-refractivity contribution is 5.82. The molecule has 0 saturated carbocycles. The van der Waals surface area contributed by atoms with E-state index in [1.807, 2.05) is 6.07 Å². The average molecular weight is 349 g/mol. The van der Waals surface area contributed by atoms with Crippen molar-refractivity contribution in [2.75, 3.05) is 38.1 Å². The standard InChI is InChI=1S/C22H27N3O/c1-24(19-8-3-2-4-9-19)15-16-25-13-11-22(12-14-25)20-10-6-5-7-18(20)17-21(26)23-22/h2-10H,11-17H2,1H3,(H,23,26). The van der Waals surface area contributed by atoms with Crippen molar-refractivity contribution >= 4 is 11.6 Å². The van der Waals surface area contributed by atoms with Crippen molar-refractivity contribution in [1.82, 2.24) is 10.2 Å². The SMILES string of the molecule is CN(CCN1CCC2(CC1)NC(=O)Cc1ccccc12)c1ccccc1. The van der Waals surface area contributed by atoms with Gasteiger partial charge in [0.1, 0.15) is 0 Å². The quantitative estimate of drug-likeness (QED) is 0.922. The van der Waals surface area contributed by atoms with Crippen LogP contribution in [-0.2, 0) is 16.8 Å². The highest BCUT2D eigenvalue weighted by atomic mass is 16.1. The molecule has 2 aromatic carbocycles. The fourth-order valence-electron chi connectivity index (χ4n) is 4.35. The first-order valence-electron chi connectivity index (χ1n) is 9.54. The zero-order valence-corrected chi connectivity index (χ0v) is 15.4. The van der Waals surface area contributed by atoms with Gasteiger partial charge < -0.3 is 15.1 Å².